The fourth-order valence-electron chi connectivity index (χ4n) is 3.24. The minimum atomic E-state index is -4.50. The van der Waals surface area contributed by atoms with Crippen LogP contribution in [0.25, 0.3) is 20.4 Å². The molecule has 0 aliphatic rings. The van der Waals surface area contributed by atoms with Crippen LogP contribution in [-0.4, -0.2) is 22.1 Å². The second kappa shape index (κ2) is 7.52. The van der Waals surface area contributed by atoms with Gasteiger partial charge in [0.15, 0.2) is 0 Å². The van der Waals surface area contributed by atoms with Crippen LogP contribution in [0.4, 0.5) is 0 Å². The molecule has 0 aliphatic carbocycles. The summed E-state index contributed by atoms with van der Waals surface area (Å²) in [5.74, 6) is 0. The Labute approximate surface area is 175 Å². The molecule has 7 nitrogen and oxygen atoms in total. The van der Waals surface area contributed by atoms with Crippen molar-refractivity contribution in [2.45, 2.75) is 38.8 Å². The van der Waals surface area contributed by atoms with E-state index in [-0.39, 0.29) is 4.90 Å². The lowest BCUT2D eigenvalue weighted by Gasteiger charge is -2.06. The molecular weight excluding hydrogens is 428 g/mol. The van der Waals surface area contributed by atoms with E-state index in [2.05, 4.69) is 46.8 Å². The Morgan fingerprint density at radius 3 is 1.93 bits per heavy atom. The maximum Gasteiger partial charge on any atom is 0.211 e. The van der Waals surface area contributed by atoms with Crippen molar-refractivity contribution in [1.82, 2.24) is 9.13 Å². The lowest BCUT2D eigenvalue weighted by atomic mass is 10.2. The number of rotatable bonds is 4. The largest absolute Gasteiger partial charge is 0.744 e. The van der Waals surface area contributed by atoms with Gasteiger partial charge in [-0.1, -0.05) is 28.7 Å². The first-order chi connectivity index (χ1) is 13.8. The zero-order valence-corrected chi connectivity index (χ0v) is 18.6. The molecule has 0 fully saturated rings. The highest BCUT2D eigenvalue weighted by atomic mass is 32.2. The van der Waals surface area contributed by atoms with E-state index < -0.39 is 10.1 Å². The van der Waals surface area contributed by atoms with Crippen LogP contribution in [0.15, 0.2) is 51.5 Å². The van der Waals surface area contributed by atoms with E-state index >= 15 is 0 Å². The molecule has 0 radical (unpaired) electrons. The van der Waals surface area contributed by atoms with E-state index in [0.717, 1.165) is 27.1 Å². The number of fused-ring (bicyclic) bond motifs is 2. The molecule has 2 heterocycles. The van der Waals surface area contributed by atoms with Gasteiger partial charge in [0.25, 0.3) is 0 Å². The lowest BCUT2D eigenvalue weighted by molar-refractivity contribution is 0.463. The predicted octanol–water partition coefficient (Wildman–Crippen LogP) is 3.39. The van der Waals surface area contributed by atoms with Crippen molar-refractivity contribution in [2.24, 2.45) is 10.2 Å². The third-order valence-electron chi connectivity index (χ3n) is 4.63. The number of aryl methyl sites for hydroxylation is 3. The highest BCUT2D eigenvalue weighted by molar-refractivity contribution is 7.85. The molecule has 0 amide bonds. The normalized spacial score (nSPS) is 13.8. The Balaban J connectivity index is 1.94. The quantitative estimate of drug-likeness (QED) is 0.355. The van der Waals surface area contributed by atoms with Crippen LogP contribution in [0.3, 0.4) is 0 Å². The SMILES string of the molecule is CCn1c(=NN=c2sc3cc(S(=O)(=O)[O-])ccc3n2CC)sc2cc(C)ccc21. The van der Waals surface area contributed by atoms with Crippen molar-refractivity contribution >= 4 is 53.2 Å². The van der Waals surface area contributed by atoms with Crippen LogP contribution in [0.5, 0.6) is 0 Å². The number of hydrogen-bond acceptors (Lipinski definition) is 7. The topological polar surface area (TPSA) is 91.8 Å². The summed E-state index contributed by atoms with van der Waals surface area (Å²) >= 11 is 2.90. The fourth-order valence-corrected chi connectivity index (χ4v) is 6.04. The predicted molar refractivity (Wildman–Crippen MR) is 115 cm³/mol. The molecule has 29 heavy (non-hydrogen) atoms. The Morgan fingerprint density at radius 1 is 0.897 bits per heavy atom. The van der Waals surface area contributed by atoms with Crippen LogP contribution in [0, 0.1) is 6.92 Å². The van der Waals surface area contributed by atoms with Gasteiger partial charge in [-0.25, -0.2) is 8.42 Å². The highest BCUT2D eigenvalue weighted by Gasteiger charge is 2.09. The molecule has 0 aliphatic heterocycles. The second-order valence-corrected chi connectivity index (χ2v) is 9.91. The Morgan fingerprint density at radius 2 is 1.41 bits per heavy atom. The van der Waals surface area contributed by atoms with Gasteiger partial charge in [-0.05, 0) is 56.7 Å². The average Bonchev–Trinajstić information content (AvgIpc) is 3.21. The molecule has 0 bridgehead atoms. The van der Waals surface area contributed by atoms with Crippen molar-refractivity contribution in [3.8, 4) is 0 Å². The first kappa shape index (κ1) is 20.0. The van der Waals surface area contributed by atoms with E-state index in [1.807, 2.05) is 11.5 Å². The second-order valence-electron chi connectivity index (χ2n) is 6.51. The van der Waals surface area contributed by atoms with Gasteiger partial charge in [-0.15, -0.1) is 10.2 Å². The standard InChI is InChI=1S/C19H20N4O3S3/c1-4-22-14-8-6-12(3)10-16(14)27-18(22)20-21-19-23(5-2)15-9-7-13(29(24,25)26)11-17(15)28-19/h6-11H,4-5H2,1-3H3,(H,24,25,26)/p-1. The minimum Gasteiger partial charge on any atom is -0.744 e. The first-order valence-electron chi connectivity index (χ1n) is 9.08. The molecule has 0 atom stereocenters. The van der Waals surface area contributed by atoms with Crippen molar-refractivity contribution in [3.63, 3.8) is 0 Å². The van der Waals surface area contributed by atoms with Crippen LogP contribution >= 0.6 is 22.7 Å². The van der Waals surface area contributed by atoms with Crippen LogP contribution < -0.4 is 9.60 Å². The van der Waals surface area contributed by atoms with E-state index in [9.17, 15) is 13.0 Å². The number of nitrogens with zero attached hydrogens (tertiary/aromatic N) is 4. The fraction of sp³-hybridized carbons (Fsp3) is 0.263. The third kappa shape index (κ3) is 3.68. The maximum atomic E-state index is 11.3. The Kier molecular flexibility index (Phi) is 5.19. The first-order valence-corrected chi connectivity index (χ1v) is 12.1. The lowest BCUT2D eigenvalue weighted by Crippen LogP contribution is -2.16. The summed E-state index contributed by atoms with van der Waals surface area (Å²) < 4.78 is 39.9. The molecule has 4 rings (SSSR count). The summed E-state index contributed by atoms with van der Waals surface area (Å²) in [5.41, 5.74) is 3.15. The molecule has 0 saturated heterocycles. The molecular formula is C19H19N4O3S3-. The van der Waals surface area contributed by atoms with Gasteiger partial charge in [0.05, 0.1) is 25.3 Å². The number of benzene rings is 2. The van der Waals surface area contributed by atoms with Gasteiger partial charge in [0.2, 0.25) is 9.60 Å². The smallest absolute Gasteiger partial charge is 0.211 e. The van der Waals surface area contributed by atoms with Gasteiger partial charge in [-0.2, -0.15) is 0 Å². The number of hydrogen-bond donors (Lipinski definition) is 0. The zero-order valence-electron chi connectivity index (χ0n) is 16.1. The minimum absolute atomic E-state index is 0.235. The molecule has 4 aromatic rings. The summed E-state index contributed by atoms with van der Waals surface area (Å²) in [6, 6.07) is 10.7. The Bertz CT molecular complexity index is 1470. The van der Waals surface area contributed by atoms with Crippen LogP contribution in [0.2, 0.25) is 0 Å². The van der Waals surface area contributed by atoms with Gasteiger partial charge >= 0.3 is 0 Å². The molecule has 0 N–H and O–H groups in total. The third-order valence-corrected chi connectivity index (χ3v) is 7.53. The number of aromatic nitrogens is 2. The molecule has 2 aromatic carbocycles. The summed E-state index contributed by atoms with van der Waals surface area (Å²) in [7, 11) is -4.50. The number of thiazole rings is 2. The van der Waals surface area contributed by atoms with Crippen molar-refractivity contribution < 1.29 is 13.0 Å². The molecule has 10 heteroatoms. The molecule has 0 saturated carbocycles. The maximum absolute atomic E-state index is 11.3. The van der Waals surface area contributed by atoms with E-state index in [0.29, 0.717) is 16.0 Å². The Hall–Kier alpha value is -2.27. The molecule has 0 spiro atoms. The van der Waals surface area contributed by atoms with Crippen molar-refractivity contribution in [1.29, 1.82) is 0 Å². The summed E-state index contributed by atoms with van der Waals surface area (Å²) in [5, 5.41) is 8.98. The summed E-state index contributed by atoms with van der Waals surface area (Å²) in [6.45, 7) is 7.55. The van der Waals surface area contributed by atoms with Gasteiger partial charge in [0.1, 0.15) is 10.1 Å². The van der Waals surface area contributed by atoms with E-state index in [1.54, 1.807) is 17.4 Å². The van der Waals surface area contributed by atoms with Gasteiger partial charge in [0, 0.05) is 13.1 Å². The van der Waals surface area contributed by atoms with E-state index in [1.165, 1.54) is 29.0 Å². The van der Waals surface area contributed by atoms with Crippen LogP contribution in [-0.2, 0) is 23.2 Å². The van der Waals surface area contributed by atoms with Crippen LogP contribution in [0.1, 0.15) is 19.4 Å². The average molecular weight is 448 g/mol. The van der Waals surface area contributed by atoms with Crippen molar-refractivity contribution in [2.75, 3.05) is 0 Å². The van der Waals surface area contributed by atoms with Crippen molar-refractivity contribution in [3.05, 3.63) is 51.6 Å². The molecule has 0 unspecified atom stereocenters. The molecule has 2 aromatic heterocycles. The highest BCUT2D eigenvalue weighted by Crippen LogP contribution is 2.22. The van der Waals surface area contributed by atoms with Gasteiger partial charge < -0.3 is 13.7 Å². The van der Waals surface area contributed by atoms with Gasteiger partial charge in [-0.3, -0.25) is 0 Å². The zero-order chi connectivity index (χ0) is 20.8. The summed E-state index contributed by atoms with van der Waals surface area (Å²) in [4.78, 5) is 1.22. The molecule has 152 valence electrons. The van der Waals surface area contributed by atoms with E-state index in [4.69, 9.17) is 0 Å². The summed E-state index contributed by atoms with van der Waals surface area (Å²) in [6.07, 6.45) is 0. The monoisotopic (exact) mass is 447 g/mol.